The van der Waals surface area contributed by atoms with Crippen LogP contribution < -0.4 is 9.80 Å². The van der Waals surface area contributed by atoms with Gasteiger partial charge in [-0.1, -0.05) is 290 Å². The molecule has 3 heteroatoms. The topological polar surface area (TPSA) is 11.4 Å². The van der Waals surface area contributed by atoms with Crippen molar-refractivity contribution in [3.8, 4) is 61.3 Å². The number of hydrogen-bond donors (Lipinski definition) is 0. The molecule has 0 amide bonds. The third-order valence-electron chi connectivity index (χ3n) is 21.2. The number of nitrogens with zero attached hydrogens (tertiary/aromatic N) is 3. The van der Waals surface area contributed by atoms with Gasteiger partial charge in [0.1, 0.15) is 0 Å². The summed E-state index contributed by atoms with van der Waals surface area (Å²) in [5.74, 6) is -0.348. The highest BCUT2D eigenvalue weighted by atomic mass is 15.2. The third-order valence-corrected chi connectivity index (χ3v) is 21.2. The smallest absolute Gasteiger partial charge is 0.0618 e. The molecule has 0 N–H and O–H groups in total. The Labute approximate surface area is 575 Å². The molecule has 98 heavy (non-hydrogen) atoms. The van der Waals surface area contributed by atoms with Crippen molar-refractivity contribution in [3.63, 3.8) is 0 Å². The van der Waals surface area contributed by atoms with Crippen molar-refractivity contribution < 1.29 is 0 Å². The van der Waals surface area contributed by atoms with Gasteiger partial charge in [0.25, 0.3) is 0 Å². The van der Waals surface area contributed by atoms with E-state index in [4.69, 9.17) is 0 Å². The van der Waals surface area contributed by atoms with Crippen molar-refractivity contribution in [1.82, 2.24) is 4.57 Å². The fourth-order valence-corrected chi connectivity index (χ4v) is 16.5. The molecule has 1 unspecified atom stereocenters. The fourth-order valence-electron chi connectivity index (χ4n) is 16.5. The molecule has 18 rings (SSSR count). The lowest BCUT2D eigenvalue weighted by Crippen LogP contribution is -2.31. The van der Waals surface area contributed by atoms with Gasteiger partial charge in [-0.15, -0.1) is 0 Å². The van der Waals surface area contributed by atoms with Gasteiger partial charge in [-0.3, -0.25) is 0 Å². The minimum Gasteiger partial charge on any atom is -0.309 e. The number of rotatable bonds is 9. The summed E-state index contributed by atoms with van der Waals surface area (Å²) in [7, 11) is 0. The van der Waals surface area contributed by atoms with Crippen LogP contribution in [0, 0.1) is 0 Å². The maximum absolute atomic E-state index is 2.76. The van der Waals surface area contributed by atoms with Crippen molar-refractivity contribution in [2.45, 2.75) is 70.6 Å². The molecule has 1 atom stereocenters. The summed E-state index contributed by atoms with van der Waals surface area (Å²) >= 11 is 0. The zero-order valence-corrected chi connectivity index (χ0v) is 56.3. The van der Waals surface area contributed by atoms with E-state index in [0.29, 0.717) is 0 Å². The molecule has 0 radical (unpaired) electrons. The normalized spacial score (nSPS) is 14.0. The second-order valence-electron chi connectivity index (χ2n) is 29.1. The third kappa shape index (κ3) is 9.69. The highest BCUT2D eigenvalue weighted by molar-refractivity contribution is 6.11. The Bertz CT molecular complexity index is 5390. The number of anilines is 6. The Morgan fingerprint density at radius 3 is 1.13 bits per heavy atom. The van der Waals surface area contributed by atoms with E-state index < -0.39 is 0 Å². The maximum atomic E-state index is 2.76. The second kappa shape index (κ2) is 23.1. The van der Waals surface area contributed by atoms with Crippen molar-refractivity contribution in [2.75, 3.05) is 9.80 Å². The zero-order valence-electron chi connectivity index (χ0n) is 56.3. The van der Waals surface area contributed by atoms with Crippen LogP contribution in [0.3, 0.4) is 0 Å². The molecule has 15 aromatic rings. The van der Waals surface area contributed by atoms with E-state index in [1.165, 1.54) is 122 Å². The molecular weight excluding hydrogens is 1180 g/mol. The maximum Gasteiger partial charge on any atom is 0.0618 e. The first-order valence-corrected chi connectivity index (χ1v) is 34.8. The standard InChI is InChI=1S/C95H75N3/c1-94(2,3)70-56-78(62-32-14-8-15-33-62)92(79(57-70)63-34-16-9-17-35-63)97-85-51-48-66(61-30-12-7-13-31-61)53-82(85)90-77-50-49-72(96-83-46-28-26-44-75(83)76-45-27-29-47-84(76)96)60-86(77)98(93-80(64-36-18-10-19-37-64)58-71(95(4,5)6)59-81(93)65-38-20-11-21-39-65)88-55-69(54-87(97)91(88)90)89-73-42-24-22-40-67(73)52-68-41-23-25-43-74(68)89/h7-51,53-60,89-90H,52H2,1-6H3. The van der Waals surface area contributed by atoms with Crippen LogP contribution >= 0.6 is 0 Å². The van der Waals surface area contributed by atoms with Crippen molar-refractivity contribution in [1.29, 1.82) is 0 Å². The van der Waals surface area contributed by atoms with E-state index in [0.717, 1.165) is 57.4 Å². The molecule has 3 nitrogen and oxygen atoms in total. The molecule has 3 heterocycles. The Kier molecular flexibility index (Phi) is 13.9. The van der Waals surface area contributed by atoms with Gasteiger partial charge in [-0.05, 0) is 173 Å². The Morgan fingerprint density at radius 2 is 0.684 bits per heavy atom. The van der Waals surface area contributed by atoms with Crippen molar-refractivity contribution in [3.05, 3.63) is 377 Å². The van der Waals surface area contributed by atoms with Crippen LogP contribution in [0.5, 0.6) is 0 Å². The van der Waals surface area contributed by atoms with Gasteiger partial charge in [-0.2, -0.15) is 0 Å². The molecule has 0 saturated heterocycles. The van der Waals surface area contributed by atoms with Crippen molar-refractivity contribution >= 4 is 55.9 Å². The molecular formula is C95H75N3. The van der Waals surface area contributed by atoms with Crippen LogP contribution in [0.2, 0.25) is 0 Å². The van der Waals surface area contributed by atoms with Crippen LogP contribution in [-0.2, 0) is 17.3 Å². The second-order valence-corrected chi connectivity index (χ2v) is 29.1. The molecule has 0 spiro atoms. The average Bonchev–Trinajstić information content (AvgIpc) is 0.773. The molecule has 2 aliphatic heterocycles. The Morgan fingerprint density at radius 1 is 0.286 bits per heavy atom. The van der Waals surface area contributed by atoms with Gasteiger partial charge < -0.3 is 14.4 Å². The van der Waals surface area contributed by atoms with Crippen LogP contribution in [0.1, 0.15) is 109 Å². The first-order chi connectivity index (χ1) is 47.9. The van der Waals surface area contributed by atoms with Crippen molar-refractivity contribution in [2.24, 2.45) is 0 Å². The average molecular weight is 1260 g/mol. The van der Waals surface area contributed by atoms with Gasteiger partial charge in [0, 0.05) is 56.1 Å². The van der Waals surface area contributed by atoms with Gasteiger partial charge in [0.15, 0.2) is 0 Å². The van der Waals surface area contributed by atoms with Gasteiger partial charge >= 0.3 is 0 Å². The molecule has 0 fully saturated rings. The van der Waals surface area contributed by atoms with E-state index in [1.807, 2.05) is 0 Å². The Balaban J connectivity index is 1.06. The molecule has 3 aliphatic rings. The van der Waals surface area contributed by atoms with Crippen LogP contribution in [-0.4, -0.2) is 4.57 Å². The molecule has 470 valence electrons. The monoisotopic (exact) mass is 1260 g/mol. The van der Waals surface area contributed by atoms with Crippen LogP contribution in [0.4, 0.5) is 34.1 Å². The van der Waals surface area contributed by atoms with Gasteiger partial charge in [0.05, 0.1) is 45.2 Å². The zero-order chi connectivity index (χ0) is 66.0. The van der Waals surface area contributed by atoms with Gasteiger partial charge in [-0.25, -0.2) is 0 Å². The molecule has 1 aromatic heterocycles. The molecule has 1 aliphatic carbocycles. The summed E-state index contributed by atoms with van der Waals surface area (Å²) in [4.78, 5) is 5.49. The number of aromatic nitrogens is 1. The van der Waals surface area contributed by atoms with Crippen LogP contribution in [0.15, 0.2) is 322 Å². The quantitative estimate of drug-likeness (QED) is 0.143. The molecule has 14 aromatic carbocycles. The van der Waals surface area contributed by atoms with Crippen LogP contribution in [0.25, 0.3) is 83.1 Å². The highest BCUT2D eigenvalue weighted by Gasteiger charge is 2.45. The van der Waals surface area contributed by atoms with E-state index in [2.05, 4.69) is 377 Å². The van der Waals surface area contributed by atoms with E-state index in [1.54, 1.807) is 0 Å². The lowest BCUT2D eigenvalue weighted by molar-refractivity contribution is 0.590. The predicted octanol–water partition coefficient (Wildman–Crippen LogP) is 25.5. The number of fused-ring (bicyclic) bond motifs is 9. The number of hydrogen-bond acceptors (Lipinski definition) is 2. The summed E-state index contributed by atoms with van der Waals surface area (Å²) < 4.78 is 2.51. The lowest BCUT2D eigenvalue weighted by Gasteiger charge is -2.47. The number of benzene rings is 14. The number of para-hydroxylation sites is 2. The van der Waals surface area contributed by atoms with E-state index in [9.17, 15) is 0 Å². The first-order valence-electron chi connectivity index (χ1n) is 34.8. The molecule has 0 saturated carbocycles. The molecule has 0 bridgehead atoms. The lowest BCUT2D eigenvalue weighted by atomic mass is 9.71. The minimum absolute atomic E-state index is 0.108. The minimum atomic E-state index is -0.239. The summed E-state index contributed by atoms with van der Waals surface area (Å²) in [6, 6.07) is 123. The highest BCUT2D eigenvalue weighted by Crippen LogP contribution is 2.65. The fraction of sp³-hybridized carbons (Fsp3) is 0.116. The predicted molar refractivity (Wildman–Crippen MR) is 412 cm³/mol. The van der Waals surface area contributed by atoms with E-state index >= 15 is 0 Å². The SMILES string of the molecule is CC(C)(C)c1cc(-c2ccccc2)c(N2c3ccc(-c4ccccc4)cc3C3c4ccc(-n5c6ccccc6c6ccccc65)cc4N(c4c(-c5ccccc5)cc(C(C)(C)C)cc4-c4ccccc4)c4cc(C5c6ccccc6Cc6ccccc65)cc2c43)c(-c2ccccc2)c1. The Hall–Kier alpha value is -11.5. The summed E-state index contributed by atoms with van der Waals surface area (Å²) in [5, 5.41) is 2.46. The summed E-state index contributed by atoms with van der Waals surface area (Å²) in [6.07, 6.45) is 0.874. The summed E-state index contributed by atoms with van der Waals surface area (Å²) in [5.41, 5.74) is 34.6. The summed E-state index contributed by atoms with van der Waals surface area (Å²) in [6.45, 7) is 14.2. The van der Waals surface area contributed by atoms with E-state index in [-0.39, 0.29) is 22.7 Å². The first kappa shape index (κ1) is 59.0. The van der Waals surface area contributed by atoms with Gasteiger partial charge in [0.2, 0.25) is 0 Å². The largest absolute Gasteiger partial charge is 0.309 e.